The molecular formula is C56H99O11P. The fraction of sp³-hybridized carbons (Fsp3) is 0.768. The second kappa shape index (κ2) is 50.6. The number of phosphoric acid groups is 1. The number of phosphoric ester groups is 1. The van der Waals surface area contributed by atoms with Crippen LogP contribution in [0, 0.1) is 0 Å². The molecule has 2 N–H and O–H groups in total. The molecular weight excluding hydrogens is 880 g/mol. The van der Waals surface area contributed by atoms with Crippen molar-refractivity contribution in [1.82, 2.24) is 0 Å². The molecule has 0 rings (SSSR count). The van der Waals surface area contributed by atoms with Crippen LogP contribution in [0.25, 0.3) is 0 Å². The van der Waals surface area contributed by atoms with Gasteiger partial charge in [-0.05, 0) is 96.3 Å². The number of hydrogen-bond acceptors (Lipinski definition) is 10. The summed E-state index contributed by atoms with van der Waals surface area (Å²) >= 11 is 0. The van der Waals surface area contributed by atoms with Crippen molar-refractivity contribution in [2.24, 2.45) is 0 Å². The SMILES string of the molecule is CCC/C=C\C/C=C\CCCCCCCC(=O)OC(CO)COP(=O)(O)OCC(COC(=O)CCCCCCC/C=C\CCCC)OC(=O)CCCCCCCCC/C=C\C/C=C\CCCCC. The van der Waals surface area contributed by atoms with E-state index < -0.39 is 57.8 Å². The van der Waals surface area contributed by atoms with E-state index in [0.29, 0.717) is 19.3 Å². The van der Waals surface area contributed by atoms with Gasteiger partial charge in [0.1, 0.15) is 12.7 Å². The molecule has 0 saturated carbocycles. The van der Waals surface area contributed by atoms with Gasteiger partial charge in [0.2, 0.25) is 0 Å². The van der Waals surface area contributed by atoms with Gasteiger partial charge in [-0.1, -0.05) is 184 Å². The van der Waals surface area contributed by atoms with E-state index in [2.05, 4.69) is 81.5 Å². The summed E-state index contributed by atoms with van der Waals surface area (Å²) in [5.41, 5.74) is 0. The van der Waals surface area contributed by atoms with Gasteiger partial charge in [-0.2, -0.15) is 0 Å². The Kier molecular flexibility index (Phi) is 48.5. The van der Waals surface area contributed by atoms with Crippen LogP contribution in [0.4, 0.5) is 0 Å². The summed E-state index contributed by atoms with van der Waals surface area (Å²) in [5.74, 6) is -1.50. The van der Waals surface area contributed by atoms with E-state index in [4.69, 9.17) is 23.3 Å². The molecule has 68 heavy (non-hydrogen) atoms. The Balaban J connectivity index is 4.74. The fourth-order valence-electron chi connectivity index (χ4n) is 7.17. The molecule has 0 aromatic carbocycles. The Morgan fingerprint density at radius 1 is 0.412 bits per heavy atom. The highest BCUT2D eigenvalue weighted by molar-refractivity contribution is 7.47. The Labute approximate surface area is 415 Å². The number of allylic oxidation sites excluding steroid dienone is 10. The maximum absolute atomic E-state index is 12.9. The lowest BCUT2D eigenvalue weighted by molar-refractivity contribution is -0.161. The van der Waals surface area contributed by atoms with Crippen LogP contribution in [-0.4, -0.2) is 66.5 Å². The minimum atomic E-state index is -4.75. The summed E-state index contributed by atoms with van der Waals surface area (Å²) in [7, 11) is -4.75. The van der Waals surface area contributed by atoms with Crippen LogP contribution >= 0.6 is 7.82 Å². The molecule has 0 saturated heterocycles. The second-order valence-electron chi connectivity index (χ2n) is 18.0. The van der Waals surface area contributed by atoms with Gasteiger partial charge in [-0.3, -0.25) is 23.4 Å². The van der Waals surface area contributed by atoms with Gasteiger partial charge in [0.15, 0.2) is 6.10 Å². The van der Waals surface area contributed by atoms with Gasteiger partial charge >= 0.3 is 25.7 Å². The third-order valence-corrected chi connectivity index (χ3v) is 12.3. The van der Waals surface area contributed by atoms with Gasteiger partial charge < -0.3 is 24.2 Å². The molecule has 0 amide bonds. The van der Waals surface area contributed by atoms with Gasteiger partial charge in [0.25, 0.3) is 0 Å². The summed E-state index contributed by atoms with van der Waals surface area (Å²) in [4.78, 5) is 48.3. The molecule has 0 aromatic heterocycles. The summed E-state index contributed by atoms with van der Waals surface area (Å²) in [5, 5.41) is 9.78. The summed E-state index contributed by atoms with van der Waals surface area (Å²) < 4.78 is 39.4. The van der Waals surface area contributed by atoms with Crippen LogP contribution in [-0.2, 0) is 42.2 Å². The van der Waals surface area contributed by atoms with Crippen molar-refractivity contribution in [2.75, 3.05) is 26.4 Å². The molecule has 0 fully saturated rings. The Morgan fingerprint density at radius 3 is 1.21 bits per heavy atom. The molecule has 0 spiro atoms. The van der Waals surface area contributed by atoms with Crippen LogP contribution in [0.2, 0.25) is 0 Å². The average Bonchev–Trinajstić information content (AvgIpc) is 3.32. The Morgan fingerprint density at radius 2 is 0.765 bits per heavy atom. The number of rotatable bonds is 50. The number of carbonyl (C=O) groups is 3. The van der Waals surface area contributed by atoms with E-state index in [0.717, 1.165) is 122 Å². The largest absolute Gasteiger partial charge is 0.472 e. The Hall–Kier alpha value is -2.82. The lowest BCUT2D eigenvalue weighted by Gasteiger charge is -2.21. The summed E-state index contributed by atoms with van der Waals surface area (Å²) in [6.07, 6.45) is 53.2. The van der Waals surface area contributed by atoms with Crippen LogP contribution in [0.5, 0.6) is 0 Å². The van der Waals surface area contributed by atoms with Crippen LogP contribution in [0.15, 0.2) is 60.8 Å². The number of carbonyl (C=O) groups excluding carboxylic acids is 3. The quantitative estimate of drug-likeness (QED) is 0.0197. The molecule has 3 atom stereocenters. The predicted octanol–water partition coefficient (Wildman–Crippen LogP) is 15.6. The van der Waals surface area contributed by atoms with E-state index in [1.54, 1.807) is 0 Å². The predicted molar refractivity (Wildman–Crippen MR) is 279 cm³/mol. The van der Waals surface area contributed by atoms with E-state index in [-0.39, 0.29) is 25.9 Å². The maximum Gasteiger partial charge on any atom is 0.472 e. The van der Waals surface area contributed by atoms with Crippen molar-refractivity contribution in [3.63, 3.8) is 0 Å². The number of esters is 3. The van der Waals surface area contributed by atoms with Crippen LogP contribution in [0.3, 0.4) is 0 Å². The van der Waals surface area contributed by atoms with Gasteiger partial charge in [0.05, 0.1) is 19.8 Å². The minimum Gasteiger partial charge on any atom is -0.462 e. The number of aliphatic hydroxyl groups excluding tert-OH is 1. The van der Waals surface area contributed by atoms with Crippen molar-refractivity contribution in [1.29, 1.82) is 0 Å². The van der Waals surface area contributed by atoms with Crippen molar-refractivity contribution in [3.05, 3.63) is 60.8 Å². The second-order valence-corrected chi connectivity index (χ2v) is 19.5. The molecule has 0 aliphatic rings. The van der Waals surface area contributed by atoms with E-state index >= 15 is 0 Å². The van der Waals surface area contributed by atoms with E-state index in [9.17, 15) is 28.9 Å². The maximum atomic E-state index is 12.9. The molecule has 0 aliphatic heterocycles. The van der Waals surface area contributed by atoms with Gasteiger partial charge in [-0.25, -0.2) is 4.57 Å². The molecule has 0 aromatic rings. The first-order valence-corrected chi connectivity index (χ1v) is 28.7. The average molecular weight is 979 g/mol. The van der Waals surface area contributed by atoms with Gasteiger partial charge in [-0.15, -0.1) is 0 Å². The summed E-state index contributed by atoms with van der Waals surface area (Å²) in [6.45, 7) is 4.48. The minimum absolute atomic E-state index is 0.155. The lowest BCUT2D eigenvalue weighted by atomic mass is 10.1. The van der Waals surface area contributed by atoms with Crippen molar-refractivity contribution >= 4 is 25.7 Å². The normalized spacial score (nSPS) is 13.9. The topological polar surface area (TPSA) is 155 Å². The third kappa shape index (κ3) is 48.2. The number of ether oxygens (including phenoxy) is 3. The lowest BCUT2D eigenvalue weighted by Crippen LogP contribution is -2.30. The number of aliphatic hydroxyl groups is 1. The Bertz CT molecular complexity index is 1370. The van der Waals surface area contributed by atoms with Crippen molar-refractivity contribution < 1.29 is 52.2 Å². The number of unbranched alkanes of at least 4 members (excludes halogenated alkanes) is 23. The first-order chi connectivity index (χ1) is 33.2. The van der Waals surface area contributed by atoms with Crippen LogP contribution in [0.1, 0.15) is 239 Å². The number of hydrogen-bond donors (Lipinski definition) is 2. The van der Waals surface area contributed by atoms with E-state index in [1.165, 1.54) is 57.8 Å². The molecule has 0 bridgehead atoms. The monoisotopic (exact) mass is 979 g/mol. The molecule has 11 nitrogen and oxygen atoms in total. The molecule has 394 valence electrons. The standard InChI is InChI=1S/C56H99O11P/c1-4-7-10-13-16-19-22-24-25-26-27-29-32-35-38-41-44-47-56(60)67-53(49-63-54(58)45-42-39-36-33-30-21-18-15-12-9-6-3)51-65-68(61,62)64-50-52(48-57)66-55(59)46-43-40-37-34-31-28-23-20-17-14-11-8-5-2/h11,14-16,18-20,23-25,52-53,57H,4-10,12-13,17,21-22,26-51H2,1-3H3,(H,61,62)/b14-11-,18-15-,19-16-,23-20-,25-24-. The van der Waals surface area contributed by atoms with Crippen molar-refractivity contribution in [3.8, 4) is 0 Å². The summed E-state index contributed by atoms with van der Waals surface area (Å²) in [6, 6.07) is 0. The zero-order chi connectivity index (χ0) is 49.9. The molecule has 0 aliphatic carbocycles. The fourth-order valence-corrected chi connectivity index (χ4v) is 7.95. The van der Waals surface area contributed by atoms with Gasteiger partial charge in [0, 0.05) is 19.3 Å². The first-order valence-electron chi connectivity index (χ1n) is 27.2. The molecule has 0 radical (unpaired) electrons. The molecule has 3 unspecified atom stereocenters. The zero-order valence-corrected chi connectivity index (χ0v) is 44.2. The molecule has 0 heterocycles. The first kappa shape index (κ1) is 65.2. The smallest absolute Gasteiger partial charge is 0.462 e. The molecule has 12 heteroatoms. The van der Waals surface area contributed by atoms with Crippen LogP contribution < -0.4 is 0 Å². The highest BCUT2D eigenvalue weighted by Crippen LogP contribution is 2.43. The zero-order valence-electron chi connectivity index (χ0n) is 43.3. The highest BCUT2D eigenvalue weighted by atomic mass is 31.2. The third-order valence-electron chi connectivity index (χ3n) is 11.4. The van der Waals surface area contributed by atoms with Crippen molar-refractivity contribution in [2.45, 2.75) is 251 Å². The highest BCUT2D eigenvalue weighted by Gasteiger charge is 2.28. The van der Waals surface area contributed by atoms with E-state index in [1.807, 2.05) is 0 Å².